The number of rotatable bonds is 8. The molecule has 9 heteroatoms. The van der Waals surface area contributed by atoms with E-state index in [9.17, 15) is 4.79 Å². The van der Waals surface area contributed by atoms with Crippen molar-refractivity contribution >= 4 is 51.4 Å². The number of nitrogens with zero attached hydrogens (tertiary/aromatic N) is 3. The fourth-order valence-corrected chi connectivity index (χ4v) is 4.58. The lowest BCUT2D eigenvalue weighted by atomic mass is 10.1. The second-order valence-corrected chi connectivity index (χ2v) is 8.75. The number of carbonyl (C=O) groups excluding carboxylic acids is 1. The van der Waals surface area contributed by atoms with Gasteiger partial charge < -0.3 is 9.47 Å². The number of ether oxygens (including phenoxy) is 2. The van der Waals surface area contributed by atoms with Crippen LogP contribution in [0.25, 0.3) is 6.08 Å². The molecule has 1 N–H and O–H groups in total. The van der Waals surface area contributed by atoms with Crippen LogP contribution in [-0.2, 0) is 11.4 Å². The van der Waals surface area contributed by atoms with Crippen LogP contribution in [0.1, 0.15) is 37.8 Å². The standard InChI is InChI=1S/C24H23ClN4O3S/c1-3-8-20-28-29-22(26)17(23(30)27-24(29)33-20)11-16-12-18(25)21(19(13-16)31-4-2)32-14-15-9-6-5-7-10-15/h5-7,9-13,26H,3-4,8,14H2,1-2H3/b17-11+,26-22?. The van der Waals surface area contributed by atoms with Gasteiger partial charge in [0.2, 0.25) is 5.17 Å². The van der Waals surface area contributed by atoms with Crippen LogP contribution in [0, 0.1) is 5.41 Å². The van der Waals surface area contributed by atoms with Crippen LogP contribution in [0.4, 0.5) is 0 Å². The van der Waals surface area contributed by atoms with E-state index in [0.29, 0.717) is 40.5 Å². The van der Waals surface area contributed by atoms with Crippen molar-refractivity contribution in [3.63, 3.8) is 0 Å². The number of hydrogen-bond donors (Lipinski definition) is 1. The van der Waals surface area contributed by atoms with E-state index < -0.39 is 5.91 Å². The Bertz CT molecular complexity index is 1180. The molecule has 2 aliphatic heterocycles. The molecule has 0 bridgehead atoms. The number of thioether (sulfide) groups is 1. The number of hydrogen-bond acceptors (Lipinski definition) is 6. The number of fused-ring (bicyclic) bond motifs is 1. The van der Waals surface area contributed by atoms with Gasteiger partial charge in [-0.15, -0.1) is 0 Å². The van der Waals surface area contributed by atoms with Crippen LogP contribution >= 0.6 is 23.4 Å². The average molecular weight is 483 g/mol. The van der Waals surface area contributed by atoms with E-state index in [4.69, 9.17) is 26.5 Å². The van der Waals surface area contributed by atoms with E-state index >= 15 is 0 Å². The highest BCUT2D eigenvalue weighted by atomic mass is 35.5. The Morgan fingerprint density at radius 1 is 1.18 bits per heavy atom. The van der Waals surface area contributed by atoms with Crippen molar-refractivity contribution in [1.29, 1.82) is 5.41 Å². The lowest BCUT2D eigenvalue weighted by Gasteiger charge is -2.20. The van der Waals surface area contributed by atoms with Gasteiger partial charge in [0, 0.05) is 0 Å². The predicted molar refractivity (Wildman–Crippen MR) is 133 cm³/mol. The van der Waals surface area contributed by atoms with Crippen molar-refractivity contribution in [3.8, 4) is 11.5 Å². The van der Waals surface area contributed by atoms with Crippen molar-refractivity contribution in [2.75, 3.05) is 6.61 Å². The number of halogens is 1. The van der Waals surface area contributed by atoms with Crippen LogP contribution in [0.5, 0.6) is 11.5 Å². The molecule has 0 saturated carbocycles. The second-order valence-electron chi connectivity index (χ2n) is 7.30. The number of benzene rings is 2. The number of nitrogens with one attached hydrogen (secondary N) is 1. The van der Waals surface area contributed by atoms with Crippen molar-refractivity contribution < 1.29 is 14.3 Å². The van der Waals surface area contributed by atoms with Crippen molar-refractivity contribution in [3.05, 3.63) is 64.2 Å². The summed E-state index contributed by atoms with van der Waals surface area (Å²) in [5.74, 6) is 0.402. The summed E-state index contributed by atoms with van der Waals surface area (Å²) in [6.45, 7) is 4.68. The van der Waals surface area contributed by atoms with Gasteiger partial charge in [0.05, 0.1) is 17.2 Å². The molecule has 33 heavy (non-hydrogen) atoms. The molecule has 2 heterocycles. The zero-order valence-corrected chi connectivity index (χ0v) is 19.9. The zero-order valence-electron chi connectivity index (χ0n) is 18.3. The van der Waals surface area contributed by atoms with Gasteiger partial charge in [-0.25, -0.2) is 0 Å². The van der Waals surface area contributed by atoms with E-state index in [0.717, 1.165) is 23.4 Å². The van der Waals surface area contributed by atoms with Gasteiger partial charge in [-0.2, -0.15) is 15.1 Å². The van der Waals surface area contributed by atoms with Gasteiger partial charge in [0.15, 0.2) is 17.3 Å². The molecule has 0 radical (unpaired) electrons. The molecule has 0 aromatic heterocycles. The Hall–Kier alpha value is -3.10. The van der Waals surface area contributed by atoms with E-state index in [2.05, 4.69) is 17.0 Å². The summed E-state index contributed by atoms with van der Waals surface area (Å²) in [5.41, 5.74) is 1.74. The topological polar surface area (TPSA) is 87.3 Å². The van der Waals surface area contributed by atoms with Crippen LogP contribution in [-0.4, -0.2) is 33.6 Å². The molecule has 0 saturated heterocycles. The van der Waals surface area contributed by atoms with E-state index in [-0.39, 0.29) is 11.4 Å². The number of amidine groups is 2. The van der Waals surface area contributed by atoms with Crippen molar-refractivity contribution in [2.24, 2.45) is 10.1 Å². The van der Waals surface area contributed by atoms with Crippen LogP contribution < -0.4 is 9.47 Å². The minimum Gasteiger partial charge on any atom is -0.490 e. The molecule has 0 atom stereocenters. The Labute approximate surface area is 201 Å². The maximum atomic E-state index is 12.7. The molecular formula is C24H23ClN4O3S. The first-order chi connectivity index (χ1) is 16.0. The summed E-state index contributed by atoms with van der Waals surface area (Å²) >= 11 is 7.87. The lowest BCUT2D eigenvalue weighted by molar-refractivity contribution is -0.114. The maximum absolute atomic E-state index is 12.7. The van der Waals surface area contributed by atoms with Gasteiger partial charge in [0.1, 0.15) is 11.7 Å². The summed E-state index contributed by atoms with van der Waals surface area (Å²) in [7, 11) is 0. The average Bonchev–Trinajstić information content (AvgIpc) is 3.20. The first-order valence-electron chi connectivity index (χ1n) is 10.6. The Kier molecular flexibility index (Phi) is 7.15. The Morgan fingerprint density at radius 2 is 1.97 bits per heavy atom. The molecule has 1 amide bonds. The summed E-state index contributed by atoms with van der Waals surface area (Å²) in [4.78, 5) is 16.8. The third kappa shape index (κ3) is 5.12. The summed E-state index contributed by atoms with van der Waals surface area (Å²) in [5, 5.41) is 16.0. The Morgan fingerprint density at radius 3 is 2.70 bits per heavy atom. The summed E-state index contributed by atoms with van der Waals surface area (Å²) in [6, 6.07) is 13.2. The predicted octanol–water partition coefficient (Wildman–Crippen LogP) is 5.74. The fourth-order valence-electron chi connectivity index (χ4n) is 3.32. The Balaban J connectivity index is 1.62. The highest BCUT2D eigenvalue weighted by Gasteiger charge is 2.35. The summed E-state index contributed by atoms with van der Waals surface area (Å²) in [6.07, 6.45) is 3.28. The van der Waals surface area contributed by atoms with Crippen LogP contribution in [0.2, 0.25) is 5.02 Å². The third-order valence-electron chi connectivity index (χ3n) is 4.83. The number of carbonyl (C=O) groups is 1. The van der Waals surface area contributed by atoms with Gasteiger partial charge in [-0.3, -0.25) is 10.2 Å². The normalized spacial score (nSPS) is 16.6. The SMILES string of the molecule is CCCC1=NN2C(=N)/C(=C\c3cc(Cl)c(OCc4ccccc4)c(OCC)c3)C(=O)N=C2S1. The molecule has 2 aromatic rings. The monoisotopic (exact) mass is 482 g/mol. The third-order valence-corrected chi connectivity index (χ3v) is 6.08. The molecule has 0 fully saturated rings. The molecular weight excluding hydrogens is 460 g/mol. The van der Waals surface area contributed by atoms with Gasteiger partial charge >= 0.3 is 0 Å². The smallest absolute Gasteiger partial charge is 0.283 e. The van der Waals surface area contributed by atoms with Gasteiger partial charge in [-0.05, 0) is 60.9 Å². The first kappa shape index (κ1) is 23.1. The molecule has 0 spiro atoms. The molecule has 2 aromatic carbocycles. The molecule has 0 unspecified atom stereocenters. The first-order valence-corrected chi connectivity index (χ1v) is 11.8. The largest absolute Gasteiger partial charge is 0.490 e. The molecule has 7 nitrogen and oxygen atoms in total. The summed E-state index contributed by atoms with van der Waals surface area (Å²) < 4.78 is 11.7. The molecule has 4 rings (SSSR count). The highest BCUT2D eigenvalue weighted by molar-refractivity contribution is 8.26. The van der Waals surface area contributed by atoms with Crippen molar-refractivity contribution in [2.45, 2.75) is 33.3 Å². The van der Waals surface area contributed by atoms with E-state index in [1.807, 2.05) is 37.3 Å². The maximum Gasteiger partial charge on any atom is 0.283 e. The molecule has 170 valence electrons. The van der Waals surface area contributed by atoms with E-state index in [1.165, 1.54) is 16.8 Å². The molecule has 2 aliphatic rings. The van der Waals surface area contributed by atoms with Gasteiger partial charge in [0.25, 0.3) is 5.91 Å². The van der Waals surface area contributed by atoms with Crippen molar-refractivity contribution in [1.82, 2.24) is 5.01 Å². The minimum absolute atomic E-state index is 0.0120. The highest BCUT2D eigenvalue weighted by Crippen LogP contribution is 2.38. The fraction of sp³-hybridized carbons (Fsp3) is 0.250. The van der Waals surface area contributed by atoms with Gasteiger partial charge in [-0.1, -0.05) is 48.9 Å². The second kappa shape index (κ2) is 10.2. The number of hydrazone groups is 1. The lowest BCUT2D eigenvalue weighted by Crippen LogP contribution is -2.35. The minimum atomic E-state index is -0.481. The number of amides is 1. The quantitative estimate of drug-likeness (QED) is 0.485. The number of aliphatic imine (C=N–C) groups is 1. The van der Waals surface area contributed by atoms with Crippen LogP contribution in [0.3, 0.4) is 0 Å². The zero-order chi connectivity index (χ0) is 23.4. The van der Waals surface area contributed by atoms with Crippen LogP contribution in [0.15, 0.2) is 58.1 Å². The molecule has 0 aliphatic carbocycles. The van der Waals surface area contributed by atoms with E-state index in [1.54, 1.807) is 18.2 Å².